The van der Waals surface area contributed by atoms with Crippen molar-refractivity contribution < 1.29 is 9.34 Å². The number of hydrogen-bond acceptors (Lipinski definition) is 7. The molecule has 0 fully saturated rings. The third-order valence-electron chi connectivity index (χ3n) is 3.84. The Morgan fingerprint density at radius 3 is 2.65 bits per heavy atom. The van der Waals surface area contributed by atoms with Crippen molar-refractivity contribution in [2.75, 3.05) is 11.1 Å². The lowest BCUT2D eigenvalue weighted by Gasteiger charge is -2.05. The first kappa shape index (κ1) is 15.6. The molecule has 0 aliphatic carbocycles. The maximum absolute atomic E-state index is 10.9. The number of nitrogen functional groups attached to an aromatic ring is 1. The van der Waals surface area contributed by atoms with E-state index < -0.39 is 4.92 Å². The summed E-state index contributed by atoms with van der Waals surface area (Å²) in [6, 6.07) is 15.3. The molecule has 3 N–H and O–H groups in total. The maximum Gasteiger partial charge on any atom is 0.271 e. The van der Waals surface area contributed by atoms with Crippen molar-refractivity contribution in [3.05, 3.63) is 71.0 Å². The van der Waals surface area contributed by atoms with Crippen LogP contribution in [0.5, 0.6) is 0 Å². The second kappa shape index (κ2) is 6.17. The molecule has 0 spiro atoms. The molecule has 0 unspecified atom stereocenters. The number of benzene rings is 2. The molecule has 128 valence electrons. The first-order valence-electron chi connectivity index (χ1n) is 7.72. The molecular formula is C18H13N5O3. The molecule has 0 saturated heterocycles. The Hall–Kier alpha value is -3.94. The molecule has 2 aromatic carbocycles. The maximum atomic E-state index is 10.9. The highest BCUT2D eigenvalue weighted by Crippen LogP contribution is 2.32. The van der Waals surface area contributed by atoms with Crippen LogP contribution < -0.4 is 11.1 Å². The largest absolute Gasteiger partial charge is 0.438 e. The predicted molar refractivity (Wildman–Crippen MR) is 98.0 cm³/mol. The molecule has 0 bridgehead atoms. The molecule has 2 heterocycles. The number of furan rings is 1. The molecule has 2 aromatic heterocycles. The Morgan fingerprint density at radius 2 is 1.88 bits per heavy atom. The Balaban J connectivity index is 1.73. The van der Waals surface area contributed by atoms with E-state index in [0.29, 0.717) is 34.1 Å². The third-order valence-corrected chi connectivity index (χ3v) is 3.84. The van der Waals surface area contributed by atoms with Crippen LogP contribution in [0.4, 0.5) is 22.9 Å². The number of nitro groups is 1. The number of anilines is 3. The van der Waals surface area contributed by atoms with E-state index in [1.807, 2.05) is 18.2 Å². The first-order valence-corrected chi connectivity index (χ1v) is 7.72. The molecule has 4 aromatic rings. The van der Waals surface area contributed by atoms with Gasteiger partial charge in [-0.3, -0.25) is 10.1 Å². The highest BCUT2D eigenvalue weighted by Gasteiger charge is 2.13. The summed E-state index contributed by atoms with van der Waals surface area (Å²) < 4.78 is 5.79. The lowest BCUT2D eigenvalue weighted by Crippen LogP contribution is -1.96. The van der Waals surface area contributed by atoms with Crippen LogP contribution in [0.25, 0.3) is 22.4 Å². The molecule has 0 saturated carbocycles. The summed E-state index contributed by atoms with van der Waals surface area (Å²) in [5, 5.41) is 14.7. The topological polar surface area (TPSA) is 120 Å². The van der Waals surface area contributed by atoms with Gasteiger partial charge in [-0.2, -0.15) is 0 Å². The van der Waals surface area contributed by atoms with Gasteiger partial charge in [0.05, 0.1) is 10.3 Å². The van der Waals surface area contributed by atoms with Gasteiger partial charge in [-0.05, 0) is 36.4 Å². The molecule has 0 aliphatic rings. The van der Waals surface area contributed by atoms with Crippen molar-refractivity contribution in [3.8, 4) is 11.3 Å². The molecule has 0 atom stereocenters. The standard InChI is InChI=1S/C18H13N5O3/c19-12-6-4-11(5-7-12)16-9-15-17(20-10-21-18(15)26-16)22-13-2-1-3-14(8-13)23(24)25/h1-10H,19H2,(H,20,21,22). The number of nitrogens with one attached hydrogen (secondary N) is 1. The van der Waals surface area contributed by atoms with E-state index in [-0.39, 0.29) is 5.69 Å². The number of nitrogens with two attached hydrogens (primary N) is 1. The predicted octanol–water partition coefficient (Wildman–Crippen LogP) is 4.12. The van der Waals surface area contributed by atoms with Gasteiger partial charge in [0.15, 0.2) is 0 Å². The fraction of sp³-hybridized carbons (Fsp3) is 0. The van der Waals surface area contributed by atoms with Gasteiger partial charge in [-0.15, -0.1) is 0 Å². The Labute approximate surface area is 147 Å². The van der Waals surface area contributed by atoms with Gasteiger partial charge in [-0.1, -0.05) is 6.07 Å². The van der Waals surface area contributed by atoms with Crippen LogP contribution in [-0.2, 0) is 0 Å². The summed E-state index contributed by atoms with van der Waals surface area (Å²) in [5.41, 5.74) is 8.20. The minimum atomic E-state index is -0.447. The number of hydrogen-bond donors (Lipinski definition) is 2. The van der Waals surface area contributed by atoms with Crippen LogP contribution in [0, 0.1) is 10.1 Å². The van der Waals surface area contributed by atoms with Crippen LogP contribution >= 0.6 is 0 Å². The second-order valence-electron chi connectivity index (χ2n) is 5.61. The average molecular weight is 347 g/mol. The lowest BCUT2D eigenvalue weighted by molar-refractivity contribution is -0.384. The number of nitrogens with zero attached hydrogens (tertiary/aromatic N) is 3. The van der Waals surface area contributed by atoms with Gasteiger partial charge < -0.3 is 15.5 Å². The van der Waals surface area contributed by atoms with E-state index in [9.17, 15) is 10.1 Å². The number of fused-ring (bicyclic) bond motifs is 1. The van der Waals surface area contributed by atoms with E-state index in [4.69, 9.17) is 10.2 Å². The fourth-order valence-electron chi connectivity index (χ4n) is 2.58. The summed E-state index contributed by atoms with van der Waals surface area (Å²) in [4.78, 5) is 18.9. The van der Waals surface area contributed by atoms with Crippen molar-refractivity contribution in [1.29, 1.82) is 0 Å². The van der Waals surface area contributed by atoms with Crippen molar-refractivity contribution >= 4 is 34.0 Å². The zero-order valence-corrected chi connectivity index (χ0v) is 13.4. The average Bonchev–Trinajstić information content (AvgIpc) is 3.08. The molecule has 8 heteroatoms. The second-order valence-corrected chi connectivity index (χ2v) is 5.61. The van der Waals surface area contributed by atoms with Gasteiger partial charge in [0.25, 0.3) is 5.69 Å². The zero-order valence-electron chi connectivity index (χ0n) is 13.4. The summed E-state index contributed by atoms with van der Waals surface area (Å²) in [7, 11) is 0. The third kappa shape index (κ3) is 2.91. The zero-order chi connectivity index (χ0) is 18.1. The van der Waals surface area contributed by atoms with Crippen LogP contribution in [0.2, 0.25) is 0 Å². The fourth-order valence-corrected chi connectivity index (χ4v) is 2.58. The highest BCUT2D eigenvalue weighted by molar-refractivity contribution is 5.91. The van der Waals surface area contributed by atoms with Crippen molar-refractivity contribution in [2.45, 2.75) is 0 Å². The van der Waals surface area contributed by atoms with Crippen LogP contribution in [-0.4, -0.2) is 14.9 Å². The van der Waals surface area contributed by atoms with E-state index in [1.54, 1.807) is 24.3 Å². The highest BCUT2D eigenvalue weighted by atomic mass is 16.6. The van der Waals surface area contributed by atoms with E-state index in [1.165, 1.54) is 18.5 Å². The van der Waals surface area contributed by atoms with Crippen molar-refractivity contribution in [3.63, 3.8) is 0 Å². The van der Waals surface area contributed by atoms with Crippen LogP contribution in [0.1, 0.15) is 0 Å². The normalized spacial score (nSPS) is 10.8. The van der Waals surface area contributed by atoms with E-state index in [2.05, 4.69) is 15.3 Å². The smallest absolute Gasteiger partial charge is 0.271 e. The Bertz CT molecular complexity index is 1110. The molecular weight excluding hydrogens is 334 g/mol. The van der Waals surface area contributed by atoms with Gasteiger partial charge in [-0.25, -0.2) is 9.97 Å². The summed E-state index contributed by atoms with van der Waals surface area (Å²) in [6.45, 7) is 0. The Morgan fingerprint density at radius 1 is 1.08 bits per heavy atom. The monoisotopic (exact) mass is 347 g/mol. The molecule has 0 radical (unpaired) electrons. The van der Waals surface area contributed by atoms with Crippen LogP contribution in [0.3, 0.4) is 0 Å². The number of non-ortho nitro benzene ring substituents is 1. The van der Waals surface area contributed by atoms with Crippen molar-refractivity contribution in [2.24, 2.45) is 0 Å². The summed E-state index contributed by atoms with van der Waals surface area (Å²) in [5.74, 6) is 1.13. The van der Waals surface area contributed by atoms with Gasteiger partial charge >= 0.3 is 0 Å². The number of nitro benzene ring substituents is 1. The Kier molecular flexibility index (Phi) is 3.70. The molecule has 8 nitrogen and oxygen atoms in total. The molecule has 4 rings (SSSR count). The number of rotatable bonds is 4. The van der Waals surface area contributed by atoms with Crippen molar-refractivity contribution in [1.82, 2.24) is 9.97 Å². The minimum Gasteiger partial charge on any atom is -0.438 e. The molecule has 26 heavy (non-hydrogen) atoms. The first-order chi connectivity index (χ1) is 12.6. The molecule has 0 aliphatic heterocycles. The quantitative estimate of drug-likeness (QED) is 0.323. The molecule has 0 amide bonds. The van der Waals surface area contributed by atoms with Gasteiger partial charge in [0.1, 0.15) is 17.9 Å². The van der Waals surface area contributed by atoms with E-state index in [0.717, 1.165) is 5.56 Å². The summed E-state index contributed by atoms with van der Waals surface area (Å²) in [6.07, 6.45) is 1.37. The number of aromatic nitrogens is 2. The summed E-state index contributed by atoms with van der Waals surface area (Å²) >= 11 is 0. The van der Waals surface area contributed by atoms with Gasteiger partial charge in [0, 0.05) is 29.1 Å². The van der Waals surface area contributed by atoms with E-state index >= 15 is 0 Å². The SMILES string of the molecule is Nc1ccc(-c2cc3c(Nc4cccc([N+](=O)[O-])c4)ncnc3o2)cc1. The van der Waals surface area contributed by atoms with Crippen LogP contribution in [0.15, 0.2) is 65.3 Å². The van der Waals surface area contributed by atoms with Gasteiger partial charge in [0.2, 0.25) is 5.71 Å². The minimum absolute atomic E-state index is 0.00458. The lowest BCUT2D eigenvalue weighted by atomic mass is 10.1.